The Hall–Kier alpha value is -4.13. The van der Waals surface area contributed by atoms with E-state index in [1.807, 2.05) is 13.0 Å². The number of benzene rings is 3. The SMILES string of the molecule is COc1ccc(C(=O)Oc2ccccc2/C=N/NC(=O)c2ccc(C)cc2OC)cc1. The molecule has 3 rings (SSSR count). The molecule has 0 aliphatic heterocycles. The summed E-state index contributed by atoms with van der Waals surface area (Å²) >= 11 is 0. The van der Waals surface area contributed by atoms with Crippen LogP contribution < -0.4 is 19.6 Å². The Balaban J connectivity index is 1.70. The summed E-state index contributed by atoms with van der Waals surface area (Å²) in [5.74, 6) is 0.485. The van der Waals surface area contributed by atoms with E-state index in [4.69, 9.17) is 14.2 Å². The van der Waals surface area contributed by atoms with Crippen LogP contribution in [0.3, 0.4) is 0 Å². The highest BCUT2D eigenvalue weighted by Crippen LogP contribution is 2.21. The Morgan fingerprint density at radius 3 is 2.35 bits per heavy atom. The third kappa shape index (κ3) is 5.48. The molecule has 0 aliphatic carbocycles. The van der Waals surface area contributed by atoms with Crippen molar-refractivity contribution in [2.24, 2.45) is 5.10 Å². The molecule has 1 amide bonds. The topological polar surface area (TPSA) is 86.2 Å². The predicted octanol–water partition coefficient (Wildman–Crippen LogP) is 4.00. The van der Waals surface area contributed by atoms with Crippen LogP contribution in [-0.2, 0) is 0 Å². The van der Waals surface area contributed by atoms with Crippen molar-refractivity contribution in [2.45, 2.75) is 6.92 Å². The third-order valence-corrected chi connectivity index (χ3v) is 4.42. The van der Waals surface area contributed by atoms with Crippen LogP contribution in [0.25, 0.3) is 0 Å². The number of hydrazone groups is 1. The van der Waals surface area contributed by atoms with Crippen LogP contribution in [0.5, 0.6) is 17.2 Å². The second-order valence-electron chi connectivity index (χ2n) is 6.56. The van der Waals surface area contributed by atoms with Crippen molar-refractivity contribution >= 4 is 18.1 Å². The molecule has 7 heteroatoms. The molecule has 0 bridgehead atoms. The monoisotopic (exact) mass is 418 g/mol. The lowest BCUT2D eigenvalue weighted by Crippen LogP contribution is -2.18. The van der Waals surface area contributed by atoms with Crippen molar-refractivity contribution in [1.82, 2.24) is 5.43 Å². The van der Waals surface area contributed by atoms with Crippen molar-refractivity contribution in [3.8, 4) is 17.2 Å². The van der Waals surface area contributed by atoms with Crippen LogP contribution in [0.1, 0.15) is 31.8 Å². The van der Waals surface area contributed by atoms with Gasteiger partial charge in [0.05, 0.1) is 31.6 Å². The number of aryl methyl sites for hydroxylation is 1. The number of para-hydroxylation sites is 1. The van der Waals surface area contributed by atoms with E-state index in [1.54, 1.807) is 67.8 Å². The van der Waals surface area contributed by atoms with Gasteiger partial charge in [-0.25, -0.2) is 10.2 Å². The maximum absolute atomic E-state index is 12.4. The summed E-state index contributed by atoms with van der Waals surface area (Å²) < 4.78 is 15.8. The number of nitrogens with zero attached hydrogens (tertiary/aromatic N) is 1. The molecule has 31 heavy (non-hydrogen) atoms. The summed E-state index contributed by atoms with van der Waals surface area (Å²) in [5, 5.41) is 3.99. The number of carbonyl (C=O) groups excluding carboxylic acids is 2. The molecule has 0 spiro atoms. The molecule has 0 unspecified atom stereocenters. The molecule has 0 fully saturated rings. The summed E-state index contributed by atoms with van der Waals surface area (Å²) in [4.78, 5) is 24.9. The van der Waals surface area contributed by atoms with Crippen LogP contribution in [-0.4, -0.2) is 32.3 Å². The molecule has 1 N–H and O–H groups in total. The van der Waals surface area contributed by atoms with Gasteiger partial charge in [0, 0.05) is 5.56 Å². The highest BCUT2D eigenvalue weighted by molar-refractivity contribution is 5.98. The molecule has 0 heterocycles. The Kier molecular flexibility index (Phi) is 7.01. The van der Waals surface area contributed by atoms with Gasteiger partial charge in [-0.15, -0.1) is 0 Å². The van der Waals surface area contributed by atoms with Crippen molar-refractivity contribution in [2.75, 3.05) is 14.2 Å². The Labute approximate surface area is 180 Å². The lowest BCUT2D eigenvalue weighted by molar-refractivity contribution is 0.0734. The first kappa shape index (κ1) is 21.6. The van der Waals surface area contributed by atoms with Gasteiger partial charge in [0.2, 0.25) is 0 Å². The van der Waals surface area contributed by atoms with Crippen LogP contribution >= 0.6 is 0 Å². The van der Waals surface area contributed by atoms with E-state index in [0.717, 1.165) is 5.56 Å². The van der Waals surface area contributed by atoms with Gasteiger partial charge in [-0.05, 0) is 61.0 Å². The van der Waals surface area contributed by atoms with Gasteiger partial charge in [0.15, 0.2) is 0 Å². The van der Waals surface area contributed by atoms with Crippen LogP contribution in [0.15, 0.2) is 71.8 Å². The number of amides is 1. The third-order valence-electron chi connectivity index (χ3n) is 4.42. The first-order valence-electron chi connectivity index (χ1n) is 9.45. The predicted molar refractivity (Wildman–Crippen MR) is 117 cm³/mol. The van der Waals surface area contributed by atoms with E-state index < -0.39 is 11.9 Å². The maximum Gasteiger partial charge on any atom is 0.343 e. The fourth-order valence-corrected chi connectivity index (χ4v) is 2.77. The van der Waals surface area contributed by atoms with Gasteiger partial charge < -0.3 is 14.2 Å². The second-order valence-corrected chi connectivity index (χ2v) is 6.56. The normalized spacial score (nSPS) is 10.5. The van der Waals surface area contributed by atoms with Gasteiger partial charge in [0.25, 0.3) is 5.91 Å². The molecule has 0 radical (unpaired) electrons. The zero-order valence-electron chi connectivity index (χ0n) is 17.4. The van der Waals surface area contributed by atoms with Crippen molar-refractivity contribution < 1.29 is 23.8 Å². The maximum atomic E-state index is 12.4. The smallest absolute Gasteiger partial charge is 0.343 e. The second kappa shape index (κ2) is 10.1. The fourth-order valence-electron chi connectivity index (χ4n) is 2.77. The van der Waals surface area contributed by atoms with Gasteiger partial charge >= 0.3 is 5.97 Å². The number of carbonyl (C=O) groups is 2. The fraction of sp³-hybridized carbons (Fsp3) is 0.125. The molecule has 3 aromatic carbocycles. The molecule has 0 saturated heterocycles. The molecule has 0 atom stereocenters. The van der Waals surface area contributed by atoms with Crippen molar-refractivity contribution in [1.29, 1.82) is 0 Å². The molecule has 158 valence electrons. The molecular formula is C24H22N2O5. The highest BCUT2D eigenvalue weighted by atomic mass is 16.5. The minimum Gasteiger partial charge on any atom is -0.497 e. The highest BCUT2D eigenvalue weighted by Gasteiger charge is 2.13. The quantitative estimate of drug-likeness (QED) is 0.271. The number of ether oxygens (including phenoxy) is 3. The lowest BCUT2D eigenvalue weighted by Gasteiger charge is -2.09. The van der Waals surface area contributed by atoms with Gasteiger partial charge in [0.1, 0.15) is 17.2 Å². The number of rotatable bonds is 7. The zero-order valence-corrected chi connectivity index (χ0v) is 17.4. The van der Waals surface area contributed by atoms with Gasteiger partial charge in [-0.3, -0.25) is 4.79 Å². The van der Waals surface area contributed by atoms with Crippen LogP contribution in [0.4, 0.5) is 0 Å². The Morgan fingerprint density at radius 2 is 1.65 bits per heavy atom. The number of hydrogen-bond donors (Lipinski definition) is 1. The van der Waals surface area contributed by atoms with E-state index in [0.29, 0.717) is 33.9 Å². The Bertz CT molecular complexity index is 1110. The van der Waals surface area contributed by atoms with Crippen molar-refractivity contribution in [3.63, 3.8) is 0 Å². The van der Waals surface area contributed by atoms with E-state index >= 15 is 0 Å². The van der Waals surface area contributed by atoms with E-state index in [-0.39, 0.29) is 0 Å². The summed E-state index contributed by atoms with van der Waals surface area (Å²) in [7, 11) is 3.05. The molecule has 0 aromatic heterocycles. The van der Waals surface area contributed by atoms with Gasteiger partial charge in [-0.1, -0.05) is 18.2 Å². The van der Waals surface area contributed by atoms with E-state index in [2.05, 4.69) is 10.5 Å². The summed E-state index contributed by atoms with van der Waals surface area (Å²) in [5.41, 5.74) is 4.71. The summed E-state index contributed by atoms with van der Waals surface area (Å²) in [6.45, 7) is 1.91. The van der Waals surface area contributed by atoms with Crippen LogP contribution in [0.2, 0.25) is 0 Å². The standard InChI is InChI=1S/C24H22N2O5/c1-16-8-13-20(22(14-16)30-3)23(27)26-25-15-18-6-4-5-7-21(18)31-24(28)17-9-11-19(29-2)12-10-17/h4-15H,1-3H3,(H,26,27)/b25-15+. The van der Waals surface area contributed by atoms with Crippen LogP contribution in [0, 0.1) is 6.92 Å². The zero-order chi connectivity index (χ0) is 22.2. The number of nitrogens with one attached hydrogen (secondary N) is 1. The first-order valence-corrected chi connectivity index (χ1v) is 9.45. The number of esters is 1. The number of hydrogen-bond acceptors (Lipinski definition) is 6. The van der Waals surface area contributed by atoms with E-state index in [1.165, 1.54) is 13.3 Å². The molecular weight excluding hydrogens is 396 g/mol. The lowest BCUT2D eigenvalue weighted by atomic mass is 10.1. The van der Waals surface area contributed by atoms with Crippen molar-refractivity contribution in [3.05, 3.63) is 89.0 Å². The summed E-state index contributed by atoms with van der Waals surface area (Å²) in [6, 6.07) is 18.7. The van der Waals surface area contributed by atoms with Gasteiger partial charge in [-0.2, -0.15) is 5.10 Å². The molecule has 3 aromatic rings. The minimum absolute atomic E-state index is 0.314. The first-order chi connectivity index (χ1) is 15.0. The summed E-state index contributed by atoms with van der Waals surface area (Å²) in [6.07, 6.45) is 1.41. The number of methoxy groups -OCH3 is 2. The minimum atomic E-state index is -0.517. The molecule has 7 nitrogen and oxygen atoms in total. The molecule has 0 aliphatic rings. The van der Waals surface area contributed by atoms with E-state index in [9.17, 15) is 9.59 Å². The average Bonchev–Trinajstić information content (AvgIpc) is 2.80. The molecule has 0 saturated carbocycles. The Morgan fingerprint density at radius 1 is 0.903 bits per heavy atom. The largest absolute Gasteiger partial charge is 0.497 e. The average molecular weight is 418 g/mol.